The number of morpholine rings is 1. The van der Waals surface area contributed by atoms with Crippen LogP contribution in [0.2, 0.25) is 10.0 Å². The Labute approximate surface area is 747 Å². The zero-order chi connectivity index (χ0) is 94.4. The van der Waals surface area contributed by atoms with E-state index in [1.165, 1.54) is 37.1 Å². The Bertz CT molecular complexity index is 5370. The van der Waals surface area contributed by atoms with E-state index in [1.54, 1.807) is 20.8 Å². The monoisotopic (exact) mass is 1890 g/mol. The van der Waals surface area contributed by atoms with Crippen LogP contribution in [0, 0.1) is 5.92 Å². The van der Waals surface area contributed by atoms with E-state index in [0.717, 1.165) is 84.9 Å². The van der Waals surface area contributed by atoms with Crippen LogP contribution in [0.1, 0.15) is 105 Å². The van der Waals surface area contributed by atoms with Crippen LogP contribution in [-0.4, -0.2) is 257 Å². The number of anilines is 1. The molecular weight excluding hydrogens is 1790 g/mol. The first kappa shape index (κ1) is 97.7. The number of urea groups is 1. The first-order valence-electron chi connectivity index (χ1n) is 40.3. The summed E-state index contributed by atoms with van der Waals surface area (Å²) in [4.78, 5) is 141. The number of hydroxylamine groups is 1. The third kappa shape index (κ3) is 23.3. The number of alkyl halides is 3. The Kier molecular flexibility index (Phi) is 30.8. The fraction of sp³-hybridized carbons (Fsp3) is 0.444. The number of carbonyl (C=O) groups is 9. The van der Waals surface area contributed by atoms with Gasteiger partial charge in [0.15, 0.2) is 23.9 Å². The minimum absolute atomic E-state index is 0.00678. The highest BCUT2D eigenvalue weighted by atomic mass is 35.5. The Balaban J connectivity index is 0.995. The number of halogens is 5. The van der Waals surface area contributed by atoms with E-state index < -0.39 is 301 Å². The number of ether oxygens (including phenoxy) is 8. The summed E-state index contributed by atoms with van der Waals surface area (Å²) in [5.41, 5.74) is 3.27. The number of likely N-dealkylation sites (N-methyl/N-ethyl adjacent to an activating group) is 1. The number of aliphatic hydroxyl groups is 6. The van der Waals surface area contributed by atoms with Gasteiger partial charge in [0.1, 0.15) is 101 Å². The van der Waals surface area contributed by atoms with Crippen molar-refractivity contribution >= 4 is 92.4 Å². The molecule has 6 aromatic rings. The molecule has 6 aromatic carbocycles. The van der Waals surface area contributed by atoms with Gasteiger partial charge in [-0.05, 0) is 140 Å². The van der Waals surface area contributed by atoms with Crippen molar-refractivity contribution in [2.45, 2.75) is 169 Å². The van der Waals surface area contributed by atoms with Crippen molar-refractivity contribution in [3.63, 3.8) is 0 Å². The number of amides is 10. The molecule has 0 aromatic heterocycles. The second-order valence-electron chi connectivity index (χ2n) is 31.9. The highest BCUT2D eigenvalue weighted by Crippen LogP contribution is 2.50. The maximum absolute atomic E-state index is 16.4. The average molecular weight is 1890 g/mol. The molecule has 49 heteroatoms. The number of carbonyl (C=O) groups excluding carboxylic acids is 9. The number of rotatable bonds is 23. The molecule has 0 spiro atoms. The normalized spacial score (nSPS) is 27.0. The zero-order valence-electron chi connectivity index (χ0n) is 69.4. The van der Waals surface area contributed by atoms with Gasteiger partial charge < -0.3 is 142 Å². The summed E-state index contributed by atoms with van der Waals surface area (Å²) in [5.74, 6) is -17.1. The number of phenols is 3. The lowest BCUT2D eigenvalue weighted by Gasteiger charge is -2.49. The quantitative estimate of drug-likeness (QED) is 0.0303. The van der Waals surface area contributed by atoms with Crippen molar-refractivity contribution in [2.24, 2.45) is 16.8 Å². The number of hydrogen-bond donors (Lipinski definition) is 22. The summed E-state index contributed by atoms with van der Waals surface area (Å²) in [6.45, 7) is 4.32. The molecule has 14 rings (SSSR count). The fourth-order valence-electron chi connectivity index (χ4n) is 15.4. The first-order valence-corrected chi connectivity index (χ1v) is 42.6. The molecule has 19 unspecified atom stereocenters. The molecule has 10 amide bonds. The first-order chi connectivity index (χ1) is 61.4. The highest BCUT2D eigenvalue weighted by molar-refractivity contribution is 7.87. The number of benzene rings is 6. The summed E-state index contributed by atoms with van der Waals surface area (Å²) < 4.78 is 113. The molecule has 24 N–H and O–H groups in total. The molecule has 0 saturated carbocycles. The van der Waals surface area contributed by atoms with Crippen LogP contribution in [0.5, 0.6) is 51.7 Å². The van der Waals surface area contributed by atoms with Crippen LogP contribution in [0.15, 0.2) is 103 Å². The summed E-state index contributed by atoms with van der Waals surface area (Å²) >= 11 is 14.4. The van der Waals surface area contributed by atoms with Crippen molar-refractivity contribution in [1.82, 2.24) is 57.6 Å². The fourth-order valence-corrected chi connectivity index (χ4v) is 16.2. The third-order valence-corrected chi connectivity index (χ3v) is 23.1. The molecule has 0 aliphatic carbocycles. The molecule has 19 atom stereocenters. The molecule has 43 nitrogen and oxygen atoms in total. The van der Waals surface area contributed by atoms with Crippen molar-refractivity contribution in [2.75, 3.05) is 58.4 Å². The lowest BCUT2D eigenvalue weighted by molar-refractivity contribution is -0.334. The van der Waals surface area contributed by atoms with Gasteiger partial charge in [-0.1, -0.05) is 55.2 Å². The minimum Gasteiger partial charge on any atom is -0.508 e. The van der Waals surface area contributed by atoms with Gasteiger partial charge in [-0.2, -0.15) is 8.42 Å². The van der Waals surface area contributed by atoms with Crippen molar-refractivity contribution < 1.29 is 153 Å². The smallest absolute Gasteiger partial charge is 0.508 e. The van der Waals surface area contributed by atoms with Crippen LogP contribution in [0.3, 0.4) is 0 Å². The Morgan fingerprint density at radius 3 is 2.01 bits per heavy atom. The van der Waals surface area contributed by atoms with Gasteiger partial charge in [0, 0.05) is 61.0 Å². The van der Waals surface area contributed by atoms with E-state index in [4.69, 9.17) is 72.1 Å². The second-order valence-corrected chi connectivity index (χ2v) is 34.1. The zero-order valence-corrected chi connectivity index (χ0v) is 71.8. The predicted molar refractivity (Wildman–Crippen MR) is 444 cm³/mol. The average Bonchev–Trinajstić information content (AvgIpc) is 0.767. The molecule has 3 saturated heterocycles. The molecular formula is C81H95Cl2F3N14O29S. The molecule has 704 valence electrons. The van der Waals surface area contributed by atoms with Gasteiger partial charge >= 0.3 is 12.4 Å². The number of nitrogens with one attached hydrogen (secondary N) is 11. The van der Waals surface area contributed by atoms with Crippen molar-refractivity contribution in [3.8, 4) is 62.9 Å². The number of nitrogens with two attached hydrogens (primary N) is 2. The molecule has 8 heterocycles. The summed E-state index contributed by atoms with van der Waals surface area (Å²) in [6, 6.07) is 2.18. The number of hydrogen-bond acceptors (Lipinski definition) is 31. The van der Waals surface area contributed by atoms with Gasteiger partial charge in [0.25, 0.3) is 16.1 Å². The molecule has 8 aliphatic rings. The van der Waals surface area contributed by atoms with Gasteiger partial charge in [-0.25, -0.2) is 20.1 Å². The Morgan fingerprint density at radius 1 is 0.746 bits per heavy atom. The molecule has 8 aliphatic heterocycles. The van der Waals surface area contributed by atoms with Gasteiger partial charge in [-0.3, -0.25) is 43.2 Å². The number of phenolic OH excluding ortho intramolecular Hbond substituents is 3. The highest BCUT2D eigenvalue weighted by Gasteiger charge is 2.53. The van der Waals surface area contributed by atoms with Crippen LogP contribution >= 0.6 is 23.2 Å². The number of nitrogens with zero attached hydrogens (tertiary/aromatic N) is 1. The van der Waals surface area contributed by atoms with Crippen LogP contribution in [0.25, 0.3) is 11.1 Å². The van der Waals surface area contributed by atoms with E-state index in [-0.39, 0.29) is 61.8 Å². The standard InChI is InChI=1S/C81H95Cl2F3N14O29S/c1-33(2)20-47(89-5)71(111)97-62-64(106)36-7-14-51(45(82)22-36)124-53-24-38-25-54(68(53)128-78-69(67(109)66(108)55(32-101)126-78)127-57-29-80(4,70(110)34(3)123-57)90-30-42-31-100(17-19-121-42)79(118)92-39-9-11-41(12-10-39)129-81(84,85)86)125-52-15-8-37(23-46(52)83)65(107)63-76(116)96-61(77(117)99-122-18-16-91-130(88,119)120)44-26-40(102)27-50(104)58(44)43-21-35(6-13-49(43)103)59(73(113)98-63)95-74(114)60(38)94-72(112)48(28-56(87)105)93-75(62)115/h6-15,21-27,33-34,42,47-48,55,57,59-67,69-70,78,89-91,101-104,106-110H,16-20,28-32H2,1-5H3,(H2,87,105)(H,92,118)(H,93,115)(H,94,112)(H,95,114)(H,96,116)(H,97,111)(H,98,113)(H,99,117)(H2,88,119,120). The number of aromatic hydroxyl groups is 3. The summed E-state index contributed by atoms with van der Waals surface area (Å²) in [6.07, 6.45) is -25.8. The van der Waals surface area contributed by atoms with Crippen molar-refractivity contribution in [3.05, 3.63) is 141 Å². The lowest BCUT2D eigenvalue weighted by atomic mass is 9.84. The third-order valence-electron chi connectivity index (χ3n) is 21.9. The van der Waals surface area contributed by atoms with E-state index in [2.05, 4.69) is 52.6 Å². The molecule has 0 radical (unpaired) electrons. The van der Waals surface area contributed by atoms with E-state index >= 15 is 24.0 Å². The topological polar surface area (TPSA) is 641 Å². The van der Waals surface area contributed by atoms with Crippen LogP contribution < -0.4 is 87.9 Å². The van der Waals surface area contributed by atoms with Crippen LogP contribution in [0.4, 0.5) is 23.7 Å². The van der Waals surface area contributed by atoms with Gasteiger partial charge in [-0.15, -0.1) is 13.2 Å². The van der Waals surface area contributed by atoms with E-state index in [9.17, 15) is 86.7 Å². The largest absolute Gasteiger partial charge is 0.573 e. The number of primary amides is 1. The number of fused-ring (bicyclic) bond motifs is 15. The molecule has 3 fully saturated rings. The van der Waals surface area contributed by atoms with Crippen molar-refractivity contribution in [1.29, 1.82) is 0 Å². The second kappa shape index (κ2) is 41.0. The minimum atomic E-state index is -4.97. The van der Waals surface area contributed by atoms with Gasteiger partial charge in [0.2, 0.25) is 53.4 Å². The number of aliphatic hydroxyl groups excluding tert-OH is 6. The molecule has 130 heavy (non-hydrogen) atoms. The van der Waals surface area contributed by atoms with E-state index in [0.29, 0.717) is 0 Å². The van der Waals surface area contributed by atoms with E-state index in [1.807, 2.05) is 10.2 Å². The SMILES string of the molecule is CNC(CC(C)C)C(=O)NC1C(=O)NC(CC(N)=O)C(=O)NC2C(=O)NC3C(=O)NC(C(=O)NC(C(=O)NOCCNS(N)(=O)=O)c4cc(O)cc(O)c4-c4cc3ccc4O)C(O)c3ccc(c(Cl)c3)Oc3cc2cc(c3OC2OC(CO)C(O)C(O)C2OC2CC(C)(NCC3CN(C(=O)Nc4ccc(OC(F)(F)F)cc4)CCO3)C(O)C(C)O2)Oc2ccc(cc2Cl)C1O. The predicted octanol–water partition coefficient (Wildman–Crippen LogP) is 0.325. The Morgan fingerprint density at radius 2 is 1.38 bits per heavy atom. The maximum atomic E-state index is 16.4. The maximum Gasteiger partial charge on any atom is 0.573 e. The summed E-state index contributed by atoms with van der Waals surface area (Å²) in [5, 5.41) is 134. The Hall–Kier alpha value is -11.3. The summed E-state index contributed by atoms with van der Waals surface area (Å²) in [7, 11) is -2.86. The van der Waals surface area contributed by atoms with Crippen LogP contribution in [-0.2, 0) is 72.4 Å². The van der Waals surface area contributed by atoms with Gasteiger partial charge in [0.05, 0.1) is 60.6 Å². The lowest BCUT2D eigenvalue weighted by Crippen LogP contribution is -2.66. The molecule has 11 bridgehead atoms.